The van der Waals surface area contributed by atoms with Crippen LogP contribution in [0.4, 0.5) is 0 Å². The predicted octanol–water partition coefficient (Wildman–Crippen LogP) is 1.63. The highest BCUT2D eigenvalue weighted by Gasteiger charge is 2.17. The average Bonchev–Trinajstić information content (AvgIpc) is 2.14. The van der Waals surface area contributed by atoms with E-state index in [4.69, 9.17) is 0 Å². The van der Waals surface area contributed by atoms with E-state index in [0.29, 0.717) is 6.42 Å². The molecule has 3 nitrogen and oxygen atoms in total. The van der Waals surface area contributed by atoms with Gasteiger partial charge in [0.05, 0.1) is 0 Å². The van der Waals surface area contributed by atoms with Gasteiger partial charge in [-0.1, -0.05) is 0 Å². The first-order chi connectivity index (χ1) is 7.08. The van der Waals surface area contributed by atoms with Gasteiger partial charge in [0.15, 0.2) is 0 Å². The van der Waals surface area contributed by atoms with Crippen molar-refractivity contribution in [3.8, 4) is 0 Å². The second-order valence-electron chi connectivity index (χ2n) is 5.03. The maximum absolute atomic E-state index is 11.5. The van der Waals surface area contributed by atoms with Crippen molar-refractivity contribution in [1.82, 2.24) is 10.2 Å². The molecular weight excluding hydrogens is 188 g/mol. The topological polar surface area (TPSA) is 32.3 Å². The monoisotopic (exact) mass is 212 g/mol. The summed E-state index contributed by atoms with van der Waals surface area (Å²) in [6.45, 7) is 6.39. The number of carbonyl (C=O) groups excluding carboxylic acids is 1. The first-order valence-corrected chi connectivity index (χ1v) is 6.06. The number of hydrogen-bond donors (Lipinski definition) is 1. The van der Waals surface area contributed by atoms with E-state index in [2.05, 4.69) is 17.3 Å². The summed E-state index contributed by atoms with van der Waals surface area (Å²) >= 11 is 0. The maximum Gasteiger partial charge on any atom is 0.220 e. The minimum Gasteiger partial charge on any atom is -0.354 e. The Hall–Kier alpha value is -0.570. The molecule has 1 unspecified atom stereocenters. The second-order valence-corrected chi connectivity index (χ2v) is 5.03. The van der Waals surface area contributed by atoms with E-state index in [9.17, 15) is 4.79 Å². The molecule has 0 saturated carbocycles. The van der Waals surface area contributed by atoms with Crippen LogP contribution in [0.3, 0.4) is 0 Å². The van der Waals surface area contributed by atoms with Crippen LogP contribution in [0.15, 0.2) is 0 Å². The summed E-state index contributed by atoms with van der Waals surface area (Å²) in [6, 6.07) is 0.270. The molecule has 1 atom stereocenters. The van der Waals surface area contributed by atoms with Gasteiger partial charge in [-0.25, -0.2) is 0 Å². The second kappa shape index (κ2) is 6.11. The Balaban J connectivity index is 2.16. The minimum atomic E-state index is 0.207. The van der Waals surface area contributed by atoms with E-state index in [-0.39, 0.29) is 11.9 Å². The Labute approximate surface area is 93.2 Å². The van der Waals surface area contributed by atoms with Crippen LogP contribution in [0.5, 0.6) is 0 Å². The summed E-state index contributed by atoms with van der Waals surface area (Å²) in [5, 5.41) is 2.94. The zero-order chi connectivity index (χ0) is 11.3. The van der Waals surface area contributed by atoms with Gasteiger partial charge in [-0.15, -0.1) is 0 Å². The molecule has 0 aromatic carbocycles. The fourth-order valence-corrected chi connectivity index (χ4v) is 2.24. The Morgan fingerprint density at radius 3 is 2.87 bits per heavy atom. The molecule has 88 valence electrons. The van der Waals surface area contributed by atoms with Gasteiger partial charge < -0.3 is 10.2 Å². The third kappa shape index (κ3) is 5.17. The van der Waals surface area contributed by atoms with Gasteiger partial charge in [0.1, 0.15) is 0 Å². The Morgan fingerprint density at radius 1 is 1.53 bits per heavy atom. The number of amides is 1. The van der Waals surface area contributed by atoms with E-state index < -0.39 is 0 Å². The van der Waals surface area contributed by atoms with Gasteiger partial charge in [-0.05, 0) is 52.6 Å². The lowest BCUT2D eigenvalue weighted by Gasteiger charge is -2.29. The fourth-order valence-electron chi connectivity index (χ4n) is 2.24. The zero-order valence-corrected chi connectivity index (χ0v) is 10.3. The van der Waals surface area contributed by atoms with Crippen LogP contribution in [-0.2, 0) is 4.79 Å². The first-order valence-electron chi connectivity index (χ1n) is 6.06. The van der Waals surface area contributed by atoms with Crippen molar-refractivity contribution in [2.45, 2.75) is 45.6 Å². The highest BCUT2D eigenvalue weighted by Crippen LogP contribution is 2.19. The van der Waals surface area contributed by atoms with Crippen molar-refractivity contribution >= 4 is 5.91 Å². The van der Waals surface area contributed by atoms with Gasteiger partial charge in [0.2, 0.25) is 5.91 Å². The first kappa shape index (κ1) is 12.5. The SMILES string of the molecule is CC(C)NC(=O)CCC1CCCN(C)C1. The number of piperidine rings is 1. The van der Waals surface area contributed by atoms with E-state index >= 15 is 0 Å². The molecule has 3 heteroatoms. The third-order valence-corrected chi connectivity index (χ3v) is 2.95. The summed E-state index contributed by atoms with van der Waals surface area (Å²) in [7, 11) is 2.17. The lowest BCUT2D eigenvalue weighted by atomic mass is 9.93. The molecule has 1 rings (SSSR count). The summed E-state index contributed by atoms with van der Waals surface area (Å²) in [4.78, 5) is 13.8. The van der Waals surface area contributed by atoms with E-state index in [1.54, 1.807) is 0 Å². The summed E-state index contributed by atoms with van der Waals surface area (Å²) in [5.74, 6) is 0.930. The molecule has 1 amide bonds. The van der Waals surface area contributed by atoms with Crippen LogP contribution in [0, 0.1) is 5.92 Å². The summed E-state index contributed by atoms with van der Waals surface area (Å²) < 4.78 is 0. The standard InChI is InChI=1S/C12H24N2O/c1-10(2)13-12(15)7-6-11-5-4-8-14(3)9-11/h10-11H,4-9H2,1-3H3,(H,13,15). The lowest BCUT2D eigenvalue weighted by Crippen LogP contribution is -2.34. The maximum atomic E-state index is 11.5. The Kier molecular flexibility index (Phi) is 5.09. The van der Waals surface area contributed by atoms with Gasteiger partial charge in [0.25, 0.3) is 0 Å². The molecule has 0 spiro atoms. The van der Waals surface area contributed by atoms with Crippen LogP contribution in [0.25, 0.3) is 0 Å². The normalized spacial score (nSPS) is 23.1. The molecule has 15 heavy (non-hydrogen) atoms. The number of nitrogens with zero attached hydrogens (tertiary/aromatic N) is 1. The molecule has 1 heterocycles. The molecule has 1 aliphatic rings. The lowest BCUT2D eigenvalue weighted by molar-refractivity contribution is -0.121. The Bertz CT molecular complexity index is 204. The highest BCUT2D eigenvalue weighted by atomic mass is 16.1. The van der Waals surface area contributed by atoms with E-state index in [0.717, 1.165) is 18.9 Å². The quantitative estimate of drug-likeness (QED) is 0.768. The van der Waals surface area contributed by atoms with Crippen LogP contribution in [0.1, 0.15) is 39.5 Å². The van der Waals surface area contributed by atoms with Gasteiger partial charge >= 0.3 is 0 Å². The number of hydrogen-bond acceptors (Lipinski definition) is 2. The number of carbonyl (C=O) groups is 1. The van der Waals surface area contributed by atoms with Gasteiger partial charge in [-0.3, -0.25) is 4.79 Å². The predicted molar refractivity (Wildman–Crippen MR) is 62.7 cm³/mol. The molecule has 1 fully saturated rings. The minimum absolute atomic E-state index is 0.207. The van der Waals surface area contributed by atoms with Gasteiger partial charge in [-0.2, -0.15) is 0 Å². The highest BCUT2D eigenvalue weighted by molar-refractivity contribution is 5.76. The van der Waals surface area contributed by atoms with E-state index in [1.165, 1.54) is 19.4 Å². The molecule has 0 aromatic heterocycles. The van der Waals surface area contributed by atoms with Crippen molar-refractivity contribution in [1.29, 1.82) is 0 Å². The fraction of sp³-hybridized carbons (Fsp3) is 0.917. The molecule has 0 radical (unpaired) electrons. The zero-order valence-electron chi connectivity index (χ0n) is 10.3. The van der Waals surface area contributed by atoms with Crippen LogP contribution in [-0.4, -0.2) is 37.0 Å². The summed E-state index contributed by atoms with van der Waals surface area (Å²) in [6.07, 6.45) is 4.31. The van der Waals surface area contributed by atoms with Crippen molar-refractivity contribution in [2.75, 3.05) is 20.1 Å². The number of rotatable bonds is 4. The largest absolute Gasteiger partial charge is 0.354 e. The molecular formula is C12H24N2O. The molecule has 0 aliphatic carbocycles. The molecule has 1 saturated heterocycles. The number of likely N-dealkylation sites (tertiary alicyclic amines) is 1. The third-order valence-electron chi connectivity index (χ3n) is 2.95. The van der Waals surface area contributed by atoms with E-state index in [1.807, 2.05) is 13.8 Å². The molecule has 0 bridgehead atoms. The van der Waals surface area contributed by atoms with Crippen LogP contribution < -0.4 is 5.32 Å². The van der Waals surface area contributed by atoms with Crippen molar-refractivity contribution < 1.29 is 4.79 Å². The molecule has 0 aromatic rings. The van der Waals surface area contributed by atoms with Crippen LogP contribution in [0.2, 0.25) is 0 Å². The van der Waals surface area contributed by atoms with Crippen LogP contribution >= 0.6 is 0 Å². The molecule has 1 N–H and O–H groups in total. The van der Waals surface area contributed by atoms with Crippen molar-refractivity contribution in [3.63, 3.8) is 0 Å². The number of nitrogens with one attached hydrogen (secondary N) is 1. The average molecular weight is 212 g/mol. The Morgan fingerprint density at radius 2 is 2.27 bits per heavy atom. The van der Waals surface area contributed by atoms with Crippen molar-refractivity contribution in [3.05, 3.63) is 0 Å². The van der Waals surface area contributed by atoms with Gasteiger partial charge in [0, 0.05) is 19.0 Å². The smallest absolute Gasteiger partial charge is 0.220 e. The molecule has 1 aliphatic heterocycles. The summed E-state index contributed by atoms with van der Waals surface area (Å²) in [5.41, 5.74) is 0. The van der Waals surface area contributed by atoms with Crippen molar-refractivity contribution in [2.24, 2.45) is 5.92 Å².